The number of aliphatic hydroxyl groups is 1. The third kappa shape index (κ3) is 6.75. The Hall–Kier alpha value is -0.470. The number of unbranched alkanes of at least 4 members (excludes halogenated alkanes) is 5. The lowest BCUT2D eigenvalue weighted by molar-refractivity contribution is 0.262. The first-order valence-corrected chi connectivity index (χ1v) is 7.74. The molecular formula is C15H24OS. The Balaban J connectivity index is 2.02. The van der Waals surface area contributed by atoms with E-state index < -0.39 is 6.10 Å². The highest BCUT2D eigenvalue weighted by Gasteiger charge is 2.05. The van der Waals surface area contributed by atoms with Crippen LogP contribution in [0.1, 0.15) is 45.4 Å². The minimum absolute atomic E-state index is 0.406. The number of aliphatic hydroxyl groups excluding tert-OH is 1. The predicted molar refractivity (Wildman–Crippen MR) is 78.2 cm³/mol. The maximum atomic E-state index is 9.65. The van der Waals surface area contributed by atoms with Crippen LogP contribution in [-0.2, 0) is 0 Å². The molecule has 0 aromatic carbocycles. The monoisotopic (exact) mass is 252 g/mol. The molecule has 1 unspecified atom stereocenters. The quantitative estimate of drug-likeness (QED) is 0.644. The molecule has 0 aromatic rings. The Labute approximate surface area is 110 Å². The van der Waals surface area contributed by atoms with Crippen molar-refractivity contribution >= 4 is 11.8 Å². The van der Waals surface area contributed by atoms with Gasteiger partial charge in [0.05, 0.1) is 6.10 Å². The van der Waals surface area contributed by atoms with E-state index in [1.807, 2.05) is 36.1 Å². The zero-order valence-electron chi connectivity index (χ0n) is 10.8. The summed E-state index contributed by atoms with van der Waals surface area (Å²) in [5, 5.41) is 11.7. The van der Waals surface area contributed by atoms with Crippen LogP contribution in [0.2, 0.25) is 0 Å². The van der Waals surface area contributed by atoms with Gasteiger partial charge >= 0.3 is 0 Å². The van der Waals surface area contributed by atoms with E-state index in [1.54, 1.807) is 0 Å². The van der Waals surface area contributed by atoms with Crippen LogP contribution >= 0.6 is 11.8 Å². The Bertz CT molecular complexity index is 279. The Morgan fingerprint density at radius 1 is 1.18 bits per heavy atom. The Morgan fingerprint density at radius 2 is 1.94 bits per heavy atom. The fourth-order valence-electron chi connectivity index (χ4n) is 1.78. The van der Waals surface area contributed by atoms with Crippen molar-refractivity contribution in [2.24, 2.45) is 0 Å². The van der Waals surface area contributed by atoms with E-state index >= 15 is 0 Å². The van der Waals surface area contributed by atoms with Gasteiger partial charge in [0.15, 0.2) is 0 Å². The number of hydrogen-bond acceptors (Lipinski definition) is 2. The topological polar surface area (TPSA) is 20.2 Å². The maximum absolute atomic E-state index is 9.65. The van der Waals surface area contributed by atoms with E-state index in [4.69, 9.17) is 0 Å². The van der Waals surface area contributed by atoms with Crippen molar-refractivity contribution < 1.29 is 5.11 Å². The average Bonchev–Trinajstić information content (AvgIpc) is 2.35. The normalized spacial score (nSPS) is 21.3. The molecule has 0 radical (unpaired) electrons. The minimum Gasteiger partial charge on any atom is -0.384 e. The summed E-state index contributed by atoms with van der Waals surface area (Å²) in [6.45, 7) is 2.25. The van der Waals surface area contributed by atoms with Crippen molar-refractivity contribution in [3.63, 3.8) is 0 Å². The van der Waals surface area contributed by atoms with Crippen molar-refractivity contribution in [2.45, 2.75) is 51.6 Å². The SMILES string of the molecule is CCCCCCCCSC=C1C=CC=CC1O. The van der Waals surface area contributed by atoms with Gasteiger partial charge in [-0.2, -0.15) is 0 Å². The first-order valence-electron chi connectivity index (χ1n) is 6.69. The van der Waals surface area contributed by atoms with Gasteiger partial charge in [-0.05, 0) is 23.2 Å². The molecule has 1 atom stereocenters. The highest BCUT2D eigenvalue weighted by atomic mass is 32.2. The van der Waals surface area contributed by atoms with Gasteiger partial charge in [-0.1, -0.05) is 63.3 Å². The predicted octanol–water partition coefficient (Wildman–Crippen LogP) is 4.45. The van der Waals surface area contributed by atoms with Gasteiger partial charge in [-0.3, -0.25) is 0 Å². The van der Waals surface area contributed by atoms with E-state index in [2.05, 4.69) is 12.3 Å². The fraction of sp³-hybridized carbons (Fsp3) is 0.600. The van der Waals surface area contributed by atoms with Crippen molar-refractivity contribution in [3.05, 3.63) is 35.3 Å². The molecule has 0 fully saturated rings. The number of rotatable bonds is 8. The fourth-order valence-corrected chi connectivity index (χ4v) is 2.67. The molecule has 1 nitrogen and oxygen atoms in total. The number of allylic oxidation sites excluding steroid dienone is 2. The molecule has 2 heteroatoms. The standard InChI is InChI=1S/C15H24OS/c1-2-3-4-5-6-9-12-17-13-14-10-7-8-11-15(14)16/h7-8,10-11,13,15-16H,2-6,9,12H2,1H3. The largest absolute Gasteiger partial charge is 0.384 e. The summed E-state index contributed by atoms with van der Waals surface area (Å²) in [6.07, 6.45) is 15.3. The summed E-state index contributed by atoms with van der Waals surface area (Å²) in [4.78, 5) is 0. The Kier molecular flexibility index (Phi) is 8.20. The van der Waals surface area contributed by atoms with Crippen LogP contribution in [0, 0.1) is 0 Å². The molecular weight excluding hydrogens is 228 g/mol. The van der Waals surface area contributed by atoms with E-state index in [1.165, 1.54) is 44.3 Å². The smallest absolute Gasteiger partial charge is 0.0979 e. The summed E-state index contributed by atoms with van der Waals surface area (Å²) in [7, 11) is 0. The van der Waals surface area contributed by atoms with Crippen LogP contribution in [0.5, 0.6) is 0 Å². The van der Waals surface area contributed by atoms with Crippen LogP contribution in [0.25, 0.3) is 0 Å². The van der Waals surface area contributed by atoms with Gasteiger partial charge in [-0.15, -0.1) is 11.8 Å². The first kappa shape index (κ1) is 14.6. The second-order valence-electron chi connectivity index (χ2n) is 4.45. The molecule has 0 aliphatic heterocycles. The zero-order chi connectivity index (χ0) is 12.3. The van der Waals surface area contributed by atoms with Crippen LogP contribution in [0.3, 0.4) is 0 Å². The van der Waals surface area contributed by atoms with Crippen molar-refractivity contribution in [3.8, 4) is 0 Å². The number of thioether (sulfide) groups is 1. The summed E-state index contributed by atoms with van der Waals surface area (Å²) in [5.74, 6) is 1.17. The molecule has 0 aromatic heterocycles. The number of hydrogen-bond donors (Lipinski definition) is 1. The molecule has 0 saturated carbocycles. The molecule has 17 heavy (non-hydrogen) atoms. The van der Waals surface area contributed by atoms with Gasteiger partial charge in [0.1, 0.15) is 0 Å². The van der Waals surface area contributed by atoms with Crippen LogP contribution < -0.4 is 0 Å². The second-order valence-corrected chi connectivity index (χ2v) is 5.42. The van der Waals surface area contributed by atoms with Gasteiger partial charge < -0.3 is 5.11 Å². The molecule has 0 bridgehead atoms. The lowest BCUT2D eigenvalue weighted by Gasteiger charge is -2.09. The molecule has 1 aliphatic carbocycles. The van der Waals surface area contributed by atoms with Crippen LogP contribution in [0.4, 0.5) is 0 Å². The average molecular weight is 252 g/mol. The molecule has 1 aliphatic rings. The summed E-state index contributed by atoms with van der Waals surface area (Å²) in [6, 6.07) is 0. The van der Waals surface area contributed by atoms with E-state index in [-0.39, 0.29) is 0 Å². The van der Waals surface area contributed by atoms with E-state index in [0.717, 1.165) is 5.57 Å². The molecule has 0 amide bonds. The summed E-state index contributed by atoms with van der Waals surface area (Å²) in [5.41, 5.74) is 1.02. The molecule has 0 heterocycles. The highest BCUT2D eigenvalue weighted by Crippen LogP contribution is 2.18. The molecule has 96 valence electrons. The third-order valence-corrected chi connectivity index (χ3v) is 3.83. The zero-order valence-corrected chi connectivity index (χ0v) is 11.6. The minimum atomic E-state index is -0.406. The van der Waals surface area contributed by atoms with Gasteiger partial charge in [-0.25, -0.2) is 0 Å². The van der Waals surface area contributed by atoms with Crippen LogP contribution in [0.15, 0.2) is 35.3 Å². The highest BCUT2D eigenvalue weighted by molar-refractivity contribution is 8.02. The first-order chi connectivity index (χ1) is 8.34. The summed E-state index contributed by atoms with van der Waals surface area (Å²) < 4.78 is 0. The summed E-state index contributed by atoms with van der Waals surface area (Å²) >= 11 is 1.82. The molecule has 0 saturated heterocycles. The van der Waals surface area contributed by atoms with Crippen molar-refractivity contribution in [2.75, 3.05) is 5.75 Å². The second kappa shape index (κ2) is 9.55. The van der Waals surface area contributed by atoms with Gasteiger partial charge in [0.2, 0.25) is 0 Å². The lowest BCUT2D eigenvalue weighted by atomic mass is 10.1. The molecule has 1 rings (SSSR count). The van der Waals surface area contributed by atoms with E-state index in [0.29, 0.717) is 0 Å². The van der Waals surface area contributed by atoms with Crippen molar-refractivity contribution in [1.82, 2.24) is 0 Å². The molecule has 0 spiro atoms. The lowest BCUT2D eigenvalue weighted by Crippen LogP contribution is -2.06. The van der Waals surface area contributed by atoms with Crippen molar-refractivity contribution in [1.29, 1.82) is 0 Å². The molecule has 1 N–H and O–H groups in total. The van der Waals surface area contributed by atoms with E-state index in [9.17, 15) is 5.11 Å². The van der Waals surface area contributed by atoms with Gasteiger partial charge in [0.25, 0.3) is 0 Å². The Morgan fingerprint density at radius 3 is 2.71 bits per heavy atom. The third-order valence-electron chi connectivity index (χ3n) is 2.87. The van der Waals surface area contributed by atoms with Crippen LogP contribution in [-0.4, -0.2) is 17.0 Å². The maximum Gasteiger partial charge on any atom is 0.0979 e. The van der Waals surface area contributed by atoms with Gasteiger partial charge in [0, 0.05) is 0 Å².